The molecule has 1 saturated carbocycles. The molecule has 0 spiro atoms. The molecule has 2 aliphatic rings. The molecular formula is C20H24ClN3O4. The monoisotopic (exact) mass is 405 g/mol. The van der Waals surface area contributed by atoms with Crippen molar-refractivity contribution in [2.45, 2.75) is 38.6 Å². The standard InChI is InChI=1S/C20H24ClN3O4/c21-15-7-13(17(25)8-18(15)26)19-14-10-24(6-5-16(14)23-28-19)20(27)12-3-1-11(9-22)2-4-12/h7-8,11-12,25-26H,1-6,9-10,22H2. The van der Waals surface area contributed by atoms with Crippen LogP contribution in [0.1, 0.15) is 36.9 Å². The molecule has 2 aromatic rings. The van der Waals surface area contributed by atoms with Crippen molar-refractivity contribution in [1.82, 2.24) is 10.1 Å². The van der Waals surface area contributed by atoms with Crippen LogP contribution >= 0.6 is 11.6 Å². The summed E-state index contributed by atoms with van der Waals surface area (Å²) >= 11 is 5.99. The van der Waals surface area contributed by atoms with Crippen LogP contribution in [0.5, 0.6) is 11.5 Å². The number of nitrogens with two attached hydrogens (primary N) is 1. The van der Waals surface area contributed by atoms with E-state index in [1.165, 1.54) is 12.1 Å². The molecule has 0 saturated heterocycles. The van der Waals surface area contributed by atoms with Gasteiger partial charge in [-0.05, 0) is 44.2 Å². The molecule has 0 bridgehead atoms. The van der Waals surface area contributed by atoms with Crippen LogP contribution in [-0.2, 0) is 17.8 Å². The lowest BCUT2D eigenvalue weighted by Gasteiger charge is -2.33. The Balaban J connectivity index is 1.55. The highest BCUT2D eigenvalue weighted by molar-refractivity contribution is 6.32. The van der Waals surface area contributed by atoms with Gasteiger partial charge < -0.3 is 25.4 Å². The van der Waals surface area contributed by atoms with Crippen LogP contribution < -0.4 is 5.73 Å². The third-order valence-corrected chi connectivity index (χ3v) is 6.29. The van der Waals surface area contributed by atoms with E-state index in [4.69, 9.17) is 21.9 Å². The first-order chi connectivity index (χ1) is 13.5. The number of halogens is 1. The summed E-state index contributed by atoms with van der Waals surface area (Å²) in [6.07, 6.45) is 4.38. The number of carbonyl (C=O) groups is 1. The summed E-state index contributed by atoms with van der Waals surface area (Å²) < 4.78 is 5.48. The van der Waals surface area contributed by atoms with Crippen molar-refractivity contribution < 1.29 is 19.5 Å². The molecular weight excluding hydrogens is 382 g/mol. The number of phenols is 2. The molecule has 7 nitrogen and oxygen atoms in total. The number of benzene rings is 1. The average molecular weight is 406 g/mol. The van der Waals surface area contributed by atoms with Gasteiger partial charge >= 0.3 is 0 Å². The molecule has 0 unspecified atom stereocenters. The van der Waals surface area contributed by atoms with Crippen molar-refractivity contribution in [3.8, 4) is 22.8 Å². The van der Waals surface area contributed by atoms with Gasteiger partial charge in [0, 0.05) is 30.5 Å². The quantitative estimate of drug-likeness (QED) is 0.723. The van der Waals surface area contributed by atoms with E-state index < -0.39 is 0 Å². The van der Waals surface area contributed by atoms with E-state index in [0.29, 0.717) is 43.3 Å². The van der Waals surface area contributed by atoms with Crippen LogP contribution in [0.15, 0.2) is 16.7 Å². The minimum atomic E-state index is -0.207. The molecule has 1 aromatic carbocycles. The zero-order valence-electron chi connectivity index (χ0n) is 15.5. The van der Waals surface area contributed by atoms with Crippen LogP contribution in [0.25, 0.3) is 11.3 Å². The van der Waals surface area contributed by atoms with Gasteiger partial charge in [-0.3, -0.25) is 4.79 Å². The van der Waals surface area contributed by atoms with E-state index in [1.54, 1.807) is 0 Å². The molecule has 1 amide bonds. The highest BCUT2D eigenvalue weighted by atomic mass is 35.5. The first-order valence-electron chi connectivity index (χ1n) is 9.66. The summed E-state index contributed by atoms with van der Waals surface area (Å²) in [4.78, 5) is 14.9. The van der Waals surface area contributed by atoms with E-state index >= 15 is 0 Å². The first-order valence-corrected chi connectivity index (χ1v) is 10.0. The van der Waals surface area contributed by atoms with E-state index in [1.807, 2.05) is 4.90 Å². The minimum absolute atomic E-state index is 0.0455. The second-order valence-electron chi connectivity index (χ2n) is 7.72. The maximum atomic E-state index is 13.0. The van der Waals surface area contributed by atoms with E-state index in [0.717, 1.165) is 36.9 Å². The summed E-state index contributed by atoms with van der Waals surface area (Å²) in [7, 11) is 0. The Labute approximate surface area is 168 Å². The third-order valence-electron chi connectivity index (χ3n) is 5.99. The molecule has 8 heteroatoms. The molecule has 0 atom stereocenters. The number of nitrogens with zero attached hydrogens (tertiary/aromatic N) is 2. The Kier molecular flexibility index (Phi) is 5.21. The van der Waals surface area contributed by atoms with Gasteiger partial charge in [-0.2, -0.15) is 0 Å². The van der Waals surface area contributed by atoms with Crippen molar-refractivity contribution in [3.05, 3.63) is 28.4 Å². The number of aromatic hydroxyl groups is 2. The fraction of sp³-hybridized carbons (Fsp3) is 0.500. The van der Waals surface area contributed by atoms with Gasteiger partial charge in [0.25, 0.3) is 0 Å². The van der Waals surface area contributed by atoms with Crippen molar-refractivity contribution in [1.29, 1.82) is 0 Å². The number of hydrogen-bond acceptors (Lipinski definition) is 6. The first kappa shape index (κ1) is 19.1. The minimum Gasteiger partial charge on any atom is -0.507 e. The van der Waals surface area contributed by atoms with E-state index in [2.05, 4.69) is 5.16 Å². The van der Waals surface area contributed by atoms with Crippen molar-refractivity contribution in [3.63, 3.8) is 0 Å². The number of phenolic OH excluding ortho intramolecular Hbond substituents is 2. The summed E-state index contributed by atoms with van der Waals surface area (Å²) in [5, 5.41) is 24.1. The maximum absolute atomic E-state index is 13.0. The van der Waals surface area contributed by atoms with Gasteiger partial charge in [-0.1, -0.05) is 16.8 Å². The SMILES string of the molecule is NCC1CCC(C(=O)N2CCc3noc(-c4cc(Cl)c(O)cc4O)c3C2)CC1. The molecule has 1 aliphatic carbocycles. The van der Waals surface area contributed by atoms with Crippen LogP contribution in [0.3, 0.4) is 0 Å². The van der Waals surface area contributed by atoms with E-state index in [-0.39, 0.29) is 28.3 Å². The van der Waals surface area contributed by atoms with E-state index in [9.17, 15) is 15.0 Å². The summed E-state index contributed by atoms with van der Waals surface area (Å²) in [6.45, 7) is 1.69. The Bertz CT molecular complexity index is 890. The average Bonchev–Trinajstić information content (AvgIpc) is 3.13. The summed E-state index contributed by atoms with van der Waals surface area (Å²) in [5.74, 6) is 0.777. The Hall–Kier alpha value is -2.25. The number of fused-ring (bicyclic) bond motifs is 1. The predicted octanol–water partition coefficient (Wildman–Crippen LogP) is 3.06. The van der Waals surface area contributed by atoms with Crippen molar-refractivity contribution in [2.24, 2.45) is 17.6 Å². The summed E-state index contributed by atoms with van der Waals surface area (Å²) in [5.41, 5.74) is 7.68. The smallest absolute Gasteiger partial charge is 0.225 e. The van der Waals surface area contributed by atoms with Gasteiger partial charge in [-0.25, -0.2) is 0 Å². The lowest BCUT2D eigenvalue weighted by atomic mass is 9.81. The zero-order valence-corrected chi connectivity index (χ0v) is 16.3. The largest absolute Gasteiger partial charge is 0.507 e. The third kappa shape index (κ3) is 3.44. The highest BCUT2D eigenvalue weighted by Crippen LogP contribution is 2.41. The van der Waals surface area contributed by atoms with Gasteiger partial charge in [-0.15, -0.1) is 0 Å². The maximum Gasteiger partial charge on any atom is 0.225 e. The number of carbonyl (C=O) groups excluding carboxylic acids is 1. The van der Waals surface area contributed by atoms with Gasteiger partial charge in [0.05, 0.1) is 22.8 Å². The second-order valence-corrected chi connectivity index (χ2v) is 8.13. The normalized spacial score (nSPS) is 22.1. The number of amides is 1. The topological polar surface area (TPSA) is 113 Å². The molecule has 1 aliphatic heterocycles. The fourth-order valence-corrected chi connectivity index (χ4v) is 4.41. The second kappa shape index (κ2) is 7.64. The zero-order chi connectivity index (χ0) is 19.8. The number of hydrogen-bond donors (Lipinski definition) is 3. The molecule has 1 fully saturated rings. The van der Waals surface area contributed by atoms with Gasteiger partial charge in [0.2, 0.25) is 5.91 Å². The number of rotatable bonds is 3. The Morgan fingerprint density at radius 1 is 1.25 bits per heavy atom. The lowest BCUT2D eigenvalue weighted by Crippen LogP contribution is -2.41. The predicted molar refractivity (Wildman–Crippen MR) is 104 cm³/mol. The fourth-order valence-electron chi connectivity index (χ4n) is 4.25. The molecule has 28 heavy (non-hydrogen) atoms. The Morgan fingerprint density at radius 3 is 2.71 bits per heavy atom. The van der Waals surface area contributed by atoms with Crippen LogP contribution in [0.2, 0.25) is 5.02 Å². The molecule has 1 aromatic heterocycles. The van der Waals surface area contributed by atoms with Crippen LogP contribution in [0, 0.1) is 11.8 Å². The van der Waals surface area contributed by atoms with Crippen LogP contribution in [0.4, 0.5) is 0 Å². The molecule has 4 N–H and O–H groups in total. The Morgan fingerprint density at radius 2 is 2.00 bits per heavy atom. The van der Waals surface area contributed by atoms with Crippen molar-refractivity contribution >= 4 is 17.5 Å². The van der Waals surface area contributed by atoms with Crippen molar-refractivity contribution in [2.75, 3.05) is 13.1 Å². The van der Waals surface area contributed by atoms with Crippen LogP contribution in [-0.4, -0.2) is 39.3 Å². The highest BCUT2D eigenvalue weighted by Gasteiger charge is 2.33. The van der Waals surface area contributed by atoms with Gasteiger partial charge in [0.15, 0.2) is 5.76 Å². The van der Waals surface area contributed by atoms with Gasteiger partial charge in [0.1, 0.15) is 11.5 Å². The summed E-state index contributed by atoms with van der Waals surface area (Å²) in [6, 6.07) is 2.62. The lowest BCUT2D eigenvalue weighted by molar-refractivity contribution is -0.137. The molecule has 150 valence electrons. The molecule has 0 radical (unpaired) electrons. The number of aromatic nitrogens is 1. The molecule has 4 rings (SSSR count). The molecule has 2 heterocycles.